The van der Waals surface area contributed by atoms with E-state index in [0.29, 0.717) is 5.57 Å². The van der Waals surface area contributed by atoms with Crippen LogP contribution in [0.4, 0.5) is 0 Å². The first-order valence-electron chi connectivity index (χ1n) is 5.89. The molecule has 2 N–H and O–H groups in total. The molecule has 4 unspecified atom stereocenters. The van der Waals surface area contributed by atoms with Gasteiger partial charge in [-0.3, -0.25) is 4.79 Å². The van der Waals surface area contributed by atoms with Crippen molar-refractivity contribution in [3.8, 4) is 0 Å². The Labute approximate surface area is 110 Å². The van der Waals surface area contributed by atoms with Crippen LogP contribution in [0.15, 0.2) is 34.7 Å². The first-order chi connectivity index (χ1) is 8.70. The van der Waals surface area contributed by atoms with E-state index < -0.39 is 12.2 Å². The van der Waals surface area contributed by atoms with Gasteiger partial charge in [0.2, 0.25) is 0 Å². The second-order valence-corrected chi connectivity index (χ2v) is 5.56. The Morgan fingerprint density at radius 3 is 2.22 bits per heavy atom. The third-order valence-corrected chi connectivity index (χ3v) is 4.88. The molecule has 94 valence electrons. The van der Waals surface area contributed by atoms with Crippen molar-refractivity contribution in [3.05, 3.63) is 45.9 Å². The van der Waals surface area contributed by atoms with E-state index in [0.717, 1.165) is 22.3 Å². The molecule has 4 rings (SSSR count). The minimum atomic E-state index is -0.888. The molecule has 0 amide bonds. The summed E-state index contributed by atoms with van der Waals surface area (Å²) >= 11 is 1.49. The zero-order chi connectivity index (χ0) is 12.9. The molecular weight excluding hydrogens is 248 g/mol. The summed E-state index contributed by atoms with van der Waals surface area (Å²) in [6.45, 7) is 0. The van der Waals surface area contributed by atoms with Gasteiger partial charge in [0.1, 0.15) is 6.29 Å². The van der Waals surface area contributed by atoms with Crippen LogP contribution in [0.3, 0.4) is 0 Å². The summed E-state index contributed by atoms with van der Waals surface area (Å²) < 4.78 is 0. The highest BCUT2D eigenvalue weighted by atomic mass is 32.2. The monoisotopic (exact) mass is 262 g/mol. The number of aldehydes is 1. The Morgan fingerprint density at radius 2 is 1.67 bits per heavy atom. The van der Waals surface area contributed by atoms with Crippen molar-refractivity contribution in [1.29, 1.82) is 0 Å². The minimum Gasteiger partial charge on any atom is -0.389 e. The summed E-state index contributed by atoms with van der Waals surface area (Å²) in [5, 5.41) is 20.4. The fourth-order valence-electron chi connectivity index (χ4n) is 3.20. The maximum Gasteiger partial charge on any atom is 0.147 e. The lowest BCUT2D eigenvalue weighted by Crippen LogP contribution is -2.47. The maximum absolute atomic E-state index is 11.3. The van der Waals surface area contributed by atoms with Crippen LogP contribution < -0.4 is 0 Å². The quantitative estimate of drug-likeness (QED) is 0.791. The van der Waals surface area contributed by atoms with E-state index in [-0.39, 0.29) is 11.8 Å². The van der Waals surface area contributed by atoms with E-state index in [1.54, 1.807) is 0 Å². The number of carbonyl (C=O) groups is 1. The standard InChI is InChI=1S/C14H14O3S/c1-18-14-9(6-15)10-7-4-2-3-5-8(7)11(14)13(17)12(10)16/h2-6,10-13,16-17H,1H3. The molecule has 3 nitrogen and oxygen atoms in total. The number of aliphatic hydroxyl groups is 2. The minimum absolute atomic E-state index is 0.267. The maximum atomic E-state index is 11.3. The molecule has 2 bridgehead atoms. The van der Waals surface area contributed by atoms with Gasteiger partial charge in [0.15, 0.2) is 0 Å². The van der Waals surface area contributed by atoms with Gasteiger partial charge in [-0.15, -0.1) is 11.8 Å². The van der Waals surface area contributed by atoms with E-state index >= 15 is 0 Å². The van der Waals surface area contributed by atoms with Crippen LogP contribution >= 0.6 is 11.8 Å². The van der Waals surface area contributed by atoms with Gasteiger partial charge in [-0.1, -0.05) is 24.3 Å². The number of fused-ring (bicyclic) bond motifs is 1. The Bertz CT molecular complexity index is 538. The lowest BCUT2D eigenvalue weighted by atomic mass is 9.64. The molecular formula is C14H14O3S. The second kappa shape index (κ2) is 4.23. The van der Waals surface area contributed by atoms with Crippen LogP contribution in [0.2, 0.25) is 0 Å². The smallest absolute Gasteiger partial charge is 0.147 e. The predicted octanol–water partition coefficient (Wildman–Crippen LogP) is 1.42. The van der Waals surface area contributed by atoms with Crippen LogP contribution in [0.5, 0.6) is 0 Å². The summed E-state index contributed by atoms with van der Waals surface area (Å²) in [6, 6.07) is 7.74. The van der Waals surface area contributed by atoms with Crippen molar-refractivity contribution in [2.24, 2.45) is 0 Å². The van der Waals surface area contributed by atoms with E-state index in [9.17, 15) is 15.0 Å². The van der Waals surface area contributed by atoms with Gasteiger partial charge in [-0.05, 0) is 17.4 Å². The molecule has 3 aliphatic carbocycles. The van der Waals surface area contributed by atoms with Gasteiger partial charge in [-0.2, -0.15) is 0 Å². The average molecular weight is 262 g/mol. The van der Waals surface area contributed by atoms with E-state index in [4.69, 9.17) is 0 Å². The Hall–Kier alpha value is -1.10. The molecule has 18 heavy (non-hydrogen) atoms. The molecule has 0 radical (unpaired) electrons. The Kier molecular flexibility index (Phi) is 2.81. The number of carbonyl (C=O) groups excluding carboxylic acids is 1. The number of hydrogen-bond acceptors (Lipinski definition) is 4. The zero-order valence-corrected chi connectivity index (χ0v) is 10.7. The summed E-state index contributed by atoms with van der Waals surface area (Å²) in [5.74, 6) is -0.655. The SMILES string of the molecule is CSC1=C(C=O)C2c3ccccc3C1C(O)C2O. The fraction of sp³-hybridized carbons (Fsp3) is 0.357. The van der Waals surface area contributed by atoms with Crippen LogP contribution in [-0.2, 0) is 4.79 Å². The Morgan fingerprint density at radius 1 is 1.11 bits per heavy atom. The molecule has 0 spiro atoms. The zero-order valence-electron chi connectivity index (χ0n) is 9.91. The van der Waals surface area contributed by atoms with Crippen molar-refractivity contribution in [1.82, 2.24) is 0 Å². The van der Waals surface area contributed by atoms with E-state index in [1.165, 1.54) is 11.8 Å². The molecule has 1 aromatic rings. The summed E-state index contributed by atoms with van der Waals surface area (Å²) in [5.41, 5.74) is 2.64. The van der Waals surface area contributed by atoms with Crippen molar-refractivity contribution >= 4 is 18.0 Å². The van der Waals surface area contributed by atoms with Crippen LogP contribution in [0.25, 0.3) is 0 Å². The molecule has 1 aromatic carbocycles. The van der Waals surface area contributed by atoms with Gasteiger partial charge in [0.25, 0.3) is 0 Å². The van der Waals surface area contributed by atoms with Crippen molar-refractivity contribution < 1.29 is 15.0 Å². The van der Waals surface area contributed by atoms with Crippen molar-refractivity contribution in [3.63, 3.8) is 0 Å². The number of benzene rings is 1. The number of thioether (sulfide) groups is 1. The summed E-state index contributed by atoms with van der Waals surface area (Å²) in [7, 11) is 0. The molecule has 0 saturated heterocycles. The van der Waals surface area contributed by atoms with Crippen molar-refractivity contribution in [2.45, 2.75) is 24.0 Å². The normalized spacial score (nSPS) is 33.5. The third kappa shape index (κ3) is 1.37. The van der Waals surface area contributed by atoms with Crippen molar-refractivity contribution in [2.75, 3.05) is 6.26 Å². The van der Waals surface area contributed by atoms with E-state index in [1.807, 2.05) is 30.5 Å². The number of rotatable bonds is 2. The first kappa shape index (κ1) is 12.0. The first-order valence-corrected chi connectivity index (χ1v) is 7.11. The Balaban J connectivity index is 2.28. The van der Waals surface area contributed by atoms with Gasteiger partial charge in [0, 0.05) is 22.3 Å². The number of aliphatic hydroxyl groups excluding tert-OH is 2. The van der Waals surface area contributed by atoms with Gasteiger partial charge < -0.3 is 10.2 Å². The predicted molar refractivity (Wildman–Crippen MR) is 70.5 cm³/mol. The molecule has 0 aromatic heterocycles. The third-order valence-electron chi connectivity index (χ3n) is 3.95. The largest absolute Gasteiger partial charge is 0.389 e. The molecule has 3 aliphatic rings. The van der Waals surface area contributed by atoms with Crippen LogP contribution in [-0.4, -0.2) is 35.0 Å². The highest BCUT2D eigenvalue weighted by molar-refractivity contribution is 8.02. The van der Waals surface area contributed by atoms with Gasteiger partial charge >= 0.3 is 0 Å². The number of hydrogen-bond donors (Lipinski definition) is 2. The highest BCUT2D eigenvalue weighted by Gasteiger charge is 2.49. The molecule has 0 fully saturated rings. The molecule has 0 aliphatic heterocycles. The average Bonchev–Trinajstić information content (AvgIpc) is 2.41. The molecule has 0 saturated carbocycles. The highest BCUT2D eigenvalue weighted by Crippen LogP contribution is 2.54. The lowest BCUT2D eigenvalue weighted by molar-refractivity contribution is -0.106. The topological polar surface area (TPSA) is 57.5 Å². The summed E-state index contributed by atoms with van der Waals surface area (Å²) in [6.07, 6.45) is 1.02. The van der Waals surface area contributed by atoms with Crippen LogP contribution in [0.1, 0.15) is 23.0 Å². The molecule has 4 atom stereocenters. The summed E-state index contributed by atoms with van der Waals surface area (Å²) in [4.78, 5) is 12.2. The van der Waals surface area contributed by atoms with E-state index in [2.05, 4.69) is 0 Å². The molecule has 4 heteroatoms. The fourth-order valence-corrected chi connectivity index (χ4v) is 4.13. The molecule has 0 heterocycles. The lowest BCUT2D eigenvalue weighted by Gasteiger charge is -2.46. The van der Waals surface area contributed by atoms with Gasteiger partial charge in [0.05, 0.1) is 12.2 Å². The second-order valence-electron chi connectivity index (χ2n) is 4.71. The van der Waals surface area contributed by atoms with Gasteiger partial charge in [-0.25, -0.2) is 0 Å². The van der Waals surface area contributed by atoms with Crippen LogP contribution in [0, 0.1) is 0 Å².